The second-order valence-corrected chi connectivity index (χ2v) is 6.48. The van der Waals surface area contributed by atoms with Gasteiger partial charge in [-0.05, 0) is 36.6 Å². The van der Waals surface area contributed by atoms with Gasteiger partial charge in [-0.1, -0.05) is 23.7 Å². The Morgan fingerprint density at radius 2 is 2.00 bits per heavy atom. The maximum Gasteiger partial charge on any atom is 0.193 e. The number of aliphatic imine (C=N–C) groups is 1. The molecule has 0 saturated heterocycles. The van der Waals surface area contributed by atoms with E-state index in [1.54, 1.807) is 14.2 Å². The summed E-state index contributed by atoms with van der Waals surface area (Å²) < 4.78 is 7.22. The van der Waals surface area contributed by atoms with Gasteiger partial charge < -0.3 is 19.5 Å². The van der Waals surface area contributed by atoms with E-state index in [4.69, 9.17) is 16.3 Å². The smallest absolute Gasteiger partial charge is 0.193 e. The van der Waals surface area contributed by atoms with Crippen LogP contribution in [0.3, 0.4) is 0 Å². The van der Waals surface area contributed by atoms with E-state index in [1.165, 1.54) is 5.56 Å². The SMILES string of the molecule is CN=C(NCCCc1ccc(OC)cc1)N(C)Cc1cc(Cl)cn1C.I. The van der Waals surface area contributed by atoms with Crippen LogP contribution in [0.2, 0.25) is 5.02 Å². The summed E-state index contributed by atoms with van der Waals surface area (Å²) in [5, 5.41) is 4.18. The number of nitrogens with one attached hydrogen (secondary N) is 1. The molecule has 7 heteroatoms. The third kappa shape index (κ3) is 6.72. The van der Waals surface area contributed by atoms with E-state index in [0.29, 0.717) is 0 Å². The molecule has 1 N–H and O–H groups in total. The van der Waals surface area contributed by atoms with Crippen LogP contribution in [-0.2, 0) is 20.0 Å². The number of ether oxygens (including phenoxy) is 1. The molecule has 0 spiro atoms. The first-order valence-electron chi connectivity index (χ1n) is 8.39. The molecule has 26 heavy (non-hydrogen) atoms. The molecular weight excluding hydrogens is 463 g/mol. The molecule has 0 amide bonds. The summed E-state index contributed by atoms with van der Waals surface area (Å²) in [6.07, 6.45) is 3.97. The van der Waals surface area contributed by atoms with Crippen molar-refractivity contribution >= 4 is 41.5 Å². The molecule has 0 aliphatic heterocycles. The zero-order chi connectivity index (χ0) is 18.2. The number of aromatic nitrogens is 1. The summed E-state index contributed by atoms with van der Waals surface area (Å²) >= 11 is 6.05. The lowest BCUT2D eigenvalue weighted by Gasteiger charge is -2.22. The summed E-state index contributed by atoms with van der Waals surface area (Å²) in [6.45, 7) is 1.62. The quantitative estimate of drug-likeness (QED) is 0.277. The molecule has 0 fully saturated rings. The molecule has 0 atom stereocenters. The maximum atomic E-state index is 6.05. The van der Waals surface area contributed by atoms with Crippen LogP contribution in [0.25, 0.3) is 0 Å². The van der Waals surface area contributed by atoms with E-state index in [-0.39, 0.29) is 24.0 Å². The number of rotatable bonds is 7. The van der Waals surface area contributed by atoms with Crippen LogP contribution in [0, 0.1) is 0 Å². The Morgan fingerprint density at radius 3 is 2.54 bits per heavy atom. The van der Waals surface area contributed by atoms with E-state index in [1.807, 2.05) is 43.1 Å². The Hall–Kier alpha value is -1.41. The average Bonchev–Trinajstić information content (AvgIpc) is 2.92. The van der Waals surface area contributed by atoms with Crippen LogP contribution in [0.15, 0.2) is 41.5 Å². The summed E-state index contributed by atoms with van der Waals surface area (Å²) in [5.74, 6) is 1.77. The van der Waals surface area contributed by atoms with E-state index < -0.39 is 0 Å². The van der Waals surface area contributed by atoms with E-state index in [2.05, 4.69) is 27.3 Å². The van der Waals surface area contributed by atoms with Gasteiger partial charge in [-0.25, -0.2) is 0 Å². The van der Waals surface area contributed by atoms with Crippen molar-refractivity contribution in [2.45, 2.75) is 19.4 Å². The standard InChI is InChI=1S/C19H27ClN4O.HI/c1-21-19(24(3)14-17-12-16(20)13-23(17)2)22-11-5-6-15-7-9-18(25-4)10-8-15;/h7-10,12-13H,5-6,11,14H2,1-4H3,(H,21,22);1H. The second-order valence-electron chi connectivity index (χ2n) is 6.04. The lowest BCUT2D eigenvalue weighted by atomic mass is 10.1. The number of methoxy groups -OCH3 is 1. The minimum atomic E-state index is 0. The maximum absolute atomic E-state index is 6.05. The number of aryl methyl sites for hydroxylation is 2. The lowest BCUT2D eigenvalue weighted by molar-refractivity contribution is 0.414. The predicted octanol–water partition coefficient (Wildman–Crippen LogP) is 3.95. The monoisotopic (exact) mass is 490 g/mol. The van der Waals surface area contributed by atoms with Crippen LogP contribution >= 0.6 is 35.6 Å². The second kappa shape index (κ2) is 11.3. The van der Waals surface area contributed by atoms with E-state index in [9.17, 15) is 0 Å². The van der Waals surface area contributed by atoms with Crippen LogP contribution in [0.1, 0.15) is 17.7 Å². The highest BCUT2D eigenvalue weighted by Gasteiger charge is 2.09. The molecule has 0 unspecified atom stereocenters. The van der Waals surface area contributed by atoms with Gasteiger partial charge in [0.15, 0.2) is 5.96 Å². The van der Waals surface area contributed by atoms with Crippen molar-refractivity contribution in [1.29, 1.82) is 0 Å². The summed E-state index contributed by atoms with van der Waals surface area (Å²) in [4.78, 5) is 6.46. The Bertz CT molecular complexity index is 700. The van der Waals surface area contributed by atoms with Gasteiger partial charge >= 0.3 is 0 Å². The Morgan fingerprint density at radius 1 is 1.31 bits per heavy atom. The number of halogens is 2. The van der Waals surface area contributed by atoms with Gasteiger partial charge in [-0.3, -0.25) is 4.99 Å². The van der Waals surface area contributed by atoms with Gasteiger partial charge in [0, 0.05) is 39.6 Å². The van der Waals surface area contributed by atoms with Crippen LogP contribution in [0.4, 0.5) is 0 Å². The molecule has 0 aliphatic rings. The van der Waals surface area contributed by atoms with Crippen LogP contribution in [0.5, 0.6) is 5.75 Å². The van der Waals surface area contributed by atoms with Crippen molar-refractivity contribution in [2.75, 3.05) is 27.7 Å². The van der Waals surface area contributed by atoms with Crippen molar-refractivity contribution < 1.29 is 4.74 Å². The summed E-state index contributed by atoms with van der Waals surface area (Å²) in [6, 6.07) is 10.2. The van der Waals surface area contributed by atoms with Gasteiger partial charge in [0.2, 0.25) is 0 Å². The van der Waals surface area contributed by atoms with Crippen molar-refractivity contribution in [3.63, 3.8) is 0 Å². The highest BCUT2D eigenvalue weighted by atomic mass is 127. The molecule has 0 aliphatic carbocycles. The van der Waals surface area contributed by atoms with Crippen molar-refractivity contribution in [3.8, 4) is 5.75 Å². The third-order valence-corrected chi connectivity index (χ3v) is 4.34. The van der Waals surface area contributed by atoms with Crippen LogP contribution < -0.4 is 10.1 Å². The summed E-state index contributed by atoms with van der Waals surface area (Å²) in [7, 11) is 7.52. The third-order valence-electron chi connectivity index (χ3n) is 4.13. The molecule has 1 aromatic carbocycles. The highest BCUT2D eigenvalue weighted by molar-refractivity contribution is 14.0. The predicted molar refractivity (Wildman–Crippen MR) is 120 cm³/mol. The molecule has 0 saturated carbocycles. The number of benzene rings is 1. The number of nitrogens with zero attached hydrogens (tertiary/aromatic N) is 3. The van der Waals surface area contributed by atoms with Crippen molar-refractivity contribution in [2.24, 2.45) is 12.0 Å². The topological polar surface area (TPSA) is 41.8 Å². The fourth-order valence-electron chi connectivity index (χ4n) is 2.71. The number of hydrogen-bond donors (Lipinski definition) is 1. The Balaban J connectivity index is 0.00000338. The fourth-order valence-corrected chi connectivity index (χ4v) is 2.98. The molecule has 0 bridgehead atoms. The van der Waals surface area contributed by atoms with Gasteiger partial charge in [0.05, 0.1) is 18.7 Å². The Labute approximate surface area is 178 Å². The van der Waals surface area contributed by atoms with Crippen molar-refractivity contribution in [3.05, 3.63) is 52.8 Å². The van der Waals surface area contributed by atoms with Crippen LogP contribution in [-0.4, -0.2) is 43.2 Å². The molecule has 2 aromatic rings. The summed E-state index contributed by atoms with van der Waals surface area (Å²) in [5.41, 5.74) is 2.46. The minimum absolute atomic E-state index is 0. The van der Waals surface area contributed by atoms with Gasteiger partial charge in [0.1, 0.15) is 5.75 Å². The largest absolute Gasteiger partial charge is 0.497 e. The molecule has 144 valence electrons. The van der Waals surface area contributed by atoms with Gasteiger partial charge in [-0.2, -0.15) is 0 Å². The first kappa shape index (κ1) is 22.6. The zero-order valence-corrected chi connectivity index (χ0v) is 18.9. The molecule has 2 rings (SSSR count). The fraction of sp³-hybridized carbons (Fsp3) is 0.421. The normalized spacial score (nSPS) is 11.0. The number of guanidine groups is 1. The van der Waals surface area contributed by atoms with E-state index in [0.717, 1.165) is 48.4 Å². The lowest BCUT2D eigenvalue weighted by Crippen LogP contribution is -2.39. The molecule has 5 nitrogen and oxygen atoms in total. The number of hydrogen-bond acceptors (Lipinski definition) is 2. The molecule has 1 heterocycles. The molecular formula is C19H28ClIN4O. The highest BCUT2D eigenvalue weighted by Crippen LogP contribution is 2.14. The molecule has 1 aromatic heterocycles. The van der Waals surface area contributed by atoms with Gasteiger partial charge in [-0.15, -0.1) is 24.0 Å². The first-order valence-corrected chi connectivity index (χ1v) is 8.76. The minimum Gasteiger partial charge on any atom is -0.497 e. The van der Waals surface area contributed by atoms with Gasteiger partial charge in [0.25, 0.3) is 0 Å². The first-order chi connectivity index (χ1) is 12.0. The Kier molecular flexibility index (Phi) is 9.87. The van der Waals surface area contributed by atoms with E-state index >= 15 is 0 Å². The van der Waals surface area contributed by atoms with Crippen molar-refractivity contribution in [1.82, 2.24) is 14.8 Å². The zero-order valence-electron chi connectivity index (χ0n) is 15.8. The molecule has 0 radical (unpaired) electrons. The average molecular weight is 491 g/mol.